The molecule has 0 bridgehead atoms. The lowest BCUT2D eigenvalue weighted by molar-refractivity contribution is 0.182. The predicted molar refractivity (Wildman–Crippen MR) is 80.2 cm³/mol. The Balaban J connectivity index is 2.29. The van der Waals surface area contributed by atoms with Gasteiger partial charge in [-0.15, -0.1) is 11.3 Å². The molecule has 0 amide bonds. The summed E-state index contributed by atoms with van der Waals surface area (Å²) in [6.07, 6.45) is -0.281. The first-order valence-corrected chi connectivity index (χ1v) is 7.52. The molecule has 0 aliphatic rings. The molecule has 0 saturated carbocycles. The van der Waals surface area contributed by atoms with Crippen LogP contribution in [0.25, 0.3) is 0 Å². The van der Waals surface area contributed by atoms with E-state index in [1.165, 1.54) is 17.0 Å². The van der Waals surface area contributed by atoms with Gasteiger partial charge in [-0.1, -0.05) is 0 Å². The van der Waals surface area contributed by atoms with Gasteiger partial charge in [-0.3, -0.25) is 0 Å². The molecular weight excluding hydrogens is 329 g/mol. The predicted octanol–water partition coefficient (Wildman–Crippen LogP) is 4.43. The quantitative estimate of drug-likeness (QED) is 0.891. The highest BCUT2D eigenvalue weighted by Gasteiger charge is 2.21. The normalized spacial score (nSPS) is 14.2. The lowest BCUT2D eigenvalue weighted by Gasteiger charge is -2.22. The van der Waals surface area contributed by atoms with Crippen molar-refractivity contribution in [2.24, 2.45) is 5.73 Å². The number of nitrogens with two attached hydrogens (primary N) is 1. The third kappa shape index (κ3) is 3.55. The molecule has 0 radical (unpaired) electrons. The molecule has 2 nitrogen and oxygen atoms in total. The van der Waals surface area contributed by atoms with Crippen LogP contribution in [0.4, 0.5) is 4.39 Å². The lowest BCUT2D eigenvalue weighted by Crippen LogP contribution is -2.28. The van der Waals surface area contributed by atoms with Gasteiger partial charge in [-0.2, -0.15) is 0 Å². The second-order valence-electron chi connectivity index (χ2n) is 4.42. The van der Waals surface area contributed by atoms with Gasteiger partial charge in [0, 0.05) is 21.9 Å². The third-order valence-electron chi connectivity index (χ3n) is 2.67. The van der Waals surface area contributed by atoms with E-state index in [2.05, 4.69) is 15.9 Å². The summed E-state index contributed by atoms with van der Waals surface area (Å²) in [4.78, 5) is 2.24. The Hall–Kier alpha value is -0.910. The Morgan fingerprint density at radius 2 is 2.05 bits per heavy atom. The van der Waals surface area contributed by atoms with E-state index >= 15 is 0 Å². The van der Waals surface area contributed by atoms with Crippen molar-refractivity contribution in [1.82, 2.24) is 0 Å². The van der Waals surface area contributed by atoms with Crippen molar-refractivity contribution in [2.45, 2.75) is 26.0 Å². The van der Waals surface area contributed by atoms with Gasteiger partial charge >= 0.3 is 0 Å². The molecule has 0 fully saturated rings. The van der Waals surface area contributed by atoms with E-state index in [1.54, 1.807) is 17.4 Å². The fraction of sp³-hybridized carbons (Fsp3) is 0.286. The molecule has 1 heterocycles. The number of ether oxygens (including phenoxy) is 1. The van der Waals surface area contributed by atoms with Crippen molar-refractivity contribution in [3.05, 3.63) is 50.4 Å². The number of thiophene rings is 1. The molecule has 2 N–H and O–H groups in total. The molecule has 0 aliphatic carbocycles. The summed E-state index contributed by atoms with van der Waals surface area (Å²) in [6.45, 7) is 3.91. The highest BCUT2D eigenvalue weighted by atomic mass is 79.9. The van der Waals surface area contributed by atoms with Crippen LogP contribution in [0.3, 0.4) is 0 Å². The van der Waals surface area contributed by atoms with Gasteiger partial charge in [0.05, 0.1) is 4.47 Å². The maximum absolute atomic E-state index is 13.3. The van der Waals surface area contributed by atoms with E-state index in [9.17, 15) is 4.39 Å². The molecule has 1 aromatic heterocycles. The summed E-state index contributed by atoms with van der Waals surface area (Å²) in [7, 11) is 0. The van der Waals surface area contributed by atoms with Crippen LogP contribution in [0.5, 0.6) is 5.75 Å². The van der Waals surface area contributed by atoms with Crippen molar-refractivity contribution in [1.29, 1.82) is 0 Å². The second kappa shape index (κ2) is 6.03. The fourth-order valence-electron chi connectivity index (χ4n) is 1.74. The zero-order valence-electron chi connectivity index (χ0n) is 10.7. The Kier molecular flexibility index (Phi) is 4.60. The van der Waals surface area contributed by atoms with Crippen molar-refractivity contribution in [3.63, 3.8) is 0 Å². The van der Waals surface area contributed by atoms with Crippen LogP contribution in [-0.4, -0.2) is 6.04 Å². The maximum atomic E-state index is 13.3. The highest BCUT2D eigenvalue weighted by Crippen LogP contribution is 2.33. The summed E-state index contributed by atoms with van der Waals surface area (Å²) >= 11 is 5.00. The summed E-state index contributed by atoms with van der Waals surface area (Å²) in [5.74, 6) is 0.136. The SMILES string of the molecule is Cc1ccc(C(Oc2cc(F)ccc2Br)C(C)N)s1. The number of halogens is 2. The number of aryl methyl sites for hydroxylation is 1. The average Bonchev–Trinajstić information content (AvgIpc) is 2.76. The topological polar surface area (TPSA) is 35.2 Å². The standard InChI is InChI=1S/C14H15BrFNOS/c1-8-3-6-13(19-8)14(9(2)17)18-12-7-10(16)4-5-11(12)15/h3-7,9,14H,17H2,1-2H3. The van der Waals surface area contributed by atoms with Gasteiger partial charge < -0.3 is 10.5 Å². The first-order valence-electron chi connectivity index (χ1n) is 5.91. The molecule has 0 spiro atoms. The molecule has 0 aliphatic heterocycles. The fourth-order valence-corrected chi connectivity index (χ4v) is 3.10. The van der Waals surface area contributed by atoms with E-state index < -0.39 is 0 Å². The van der Waals surface area contributed by atoms with Gasteiger partial charge in [-0.25, -0.2) is 4.39 Å². The molecule has 2 unspecified atom stereocenters. The zero-order valence-corrected chi connectivity index (χ0v) is 13.1. The molecule has 2 aromatic rings. The van der Waals surface area contributed by atoms with Gasteiger partial charge in [0.1, 0.15) is 17.7 Å². The van der Waals surface area contributed by atoms with Crippen LogP contribution >= 0.6 is 27.3 Å². The summed E-state index contributed by atoms with van der Waals surface area (Å²) in [5.41, 5.74) is 5.99. The van der Waals surface area contributed by atoms with E-state index in [0.717, 1.165) is 4.88 Å². The molecular formula is C14H15BrFNOS. The second-order valence-corrected chi connectivity index (χ2v) is 6.59. The minimum atomic E-state index is -0.330. The largest absolute Gasteiger partial charge is 0.482 e. The van der Waals surface area contributed by atoms with Crippen LogP contribution in [0.2, 0.25) is 0 Å². The summed E-state index contributed by atoms with van der Waals surface area (Å²) in [5, 5.41) is 0. The van der Waals surface area contributed by atoms with Crippen LogP contribution in [0.15, 0.2) is 34.8 Å². The van der Waals surface area contributed by atoms with Crippen molar-refractivity contribution in [3.8, 4) is 5.75 Å². The van der Waals surface area contributed by atoms with Crippen molar-refractivity contribution < 1.29 is 9.13 Å². The molecule has 102 valence electrons. The van der Waals surface area contributed by atoms with Gasteiger partial charge in [0.15, 0.2) is 0 Å². The molecule has 5 heteroatoms. The average molecular weight is 344 g/mol. The number of benzene rings is 1. The van der Waals surface area contributed by atoms with Crippen molar-refractivity contribution in [2.75, 3.05) is 0 Å². The Labute approximate surface area is 124 Å². The number of hydrogen-bond donors (Lipinski definition) is 1. The Bertz CT molecular complexity index is 570. The lowest BCUT2D eigenvalue weighted by atomic mass is 10.1. The van der Waals surface area contributed by atoms with Gasteiger partial charge in [-0.05, 0) is 54.0 Å². The first-order chi connectivity index (χ1) is 8.97. The Morgan fingerprint density at radius 1 is 1.32 bits per heavy atom. The number of hydrogen-bond acceptors (Lipinski definition) is 3. The maximum Gasteiger partial charge on any atom is 0.148 e. The first kappa shape index (κ1) is 14.5. The van der Waals surface area contributed by atoms with Crippen LogP contribution in [0.1, 0.15) is 22.8 Å². The van der Waals surface area contributed by atoms with Crippen molar-refractivity contribution >= 4 is 27.3 Å². The van der Waals surface area contributed by atoms with E-state index in [1.807, 2.05) is 26.0 Å². The van der Waals surface area contributed by atoms with Crippen LogP contribution < -0.4 is 10.5 Å². The minimum Gasteiger partial charge on any atom is -0.482 e. The van der Waals surface area contributed by atoms with E-state index in [4.69, 9.17) is 10.5 Å². The monoisotopic (exact) mass is 343 g/mol. The van der Waals surface area contributed by atoms with Gasteiger partial charge in [0.2, 0.25) is 0 Å². The van der Waals surface area contributed by atoms with Crippen LogP contribution in [0, 0.1) is 12.7 Å². The summed E-state index contributed by atoms with van der Waals surface area (Å²) in [6, 6.07) is 8.21. The molecule has 0 saturated heterocycles. The molecule has 19 heavy (non-hydrogen) atoms. The zero-order chi connectivity index (χ0) is 14.0. The molecule has 2 atom stereocenters. The van der Waals surface area contributed by atoms with Crippen LogP contribution in [-0.2, 0) is 0 Å². The third-order valence-corrected chi connectivity index (χ3v) is 4.38. The Morgan fingerprint density at radius 3 is 2.63 bits per heavy atom. The van der Waals surface area contributed by atoms with E-state index in [0.29, 0.717) is 10.2 Å². The highest BCUT2D eigenvalue weighted by molar-refractivity contribution is 9.10. The van der Waals surface area contributed by atoms with E-state index in [-0.39, 0.29) is 18.0 Å². The smallest absolute Gasteiger partial charge is 0.148 e. The summed E-state index contributed by atoms with van der Waals surface area (Å²) < 4.78 is 19.9. The molecule has 1 aromatic carbocycles. The number of rotatable bonds is 4. The molecule has 2 rings (SSSR count). The minimum absolute atomic E-state index is 0.187. The van der Waals surface area contributed by atoms with Gasteiger partial charge in [0.25, 0.3) is 0 Å².